The first-order chi connectivity index (χ1) is 27.2. The smallest absolute Gasteiger partial charge is 0.124 e. The number of thiazole rings is 1. The van der Waals surface area contributed by atoms with Gasteiger partial charge in [-0.2, -0.15) is 0 Å². The van der Waals surface area contributed by atoms with Gasteiger partial charge in [-0.15, -0.1) is 22.7 Å². The Bertz CT molecular complexity index is 3180. The zero-order valence-corrected chi connectivity index (χ0v) is 31.3. The van der Waals surface area contributed by atoms with Gasteiger partial charge in [-0.1, -0.05) is 146 Å². The van der Waals surface area contributed by atoms with Gasteiger partial charge in [-0.3, -0.25) is 0 Å². The molecule has 4 heteroatoms. The van der Waals surface area contributed by atoms with Crippen LogP contribution in [0.3, 0.4) is 0 Å². The number of thiophene rings is 1. The van der Waals surface area contributed by atoms with Crippen molar-refractivity contribution >= 4 is 91.7 Å². The number of nitrogens with zero attached hydrogens (tertiary/aromatic N) is 2. The third-order valence-corrected chi connectivity index (χ3v) is 12.9. The van der Waals surface area contributed by atoms with Crippen LogP contribution in [0.15, 0.2) is 194 Å². The average Bonchev–Trinajstić information content (AvgIpc) is 3.85. The van der Waals surface area contributed by atoms with Crippen LogP contribution in [0.2, 0.25) is 0 Å². The molecule has 0 radical (unpaired) electrons. The maximum absolute atomic E-state index is 5.20. The van der Waals surface area contributed by atoms with Crippen LogP contribution in [0.4, 0.5) is 17.1 Å². The Labute approximate surface area is 326 Å². The normalized spacial score (nSPS) is 11.6. The second kappa shape index (κ2) is 13.1. The third kappa shape index (κ3) is 5.49. The van der Waals surface area contributed by atoms with Gasteiger partial charge in [-0.25, -0.2) is 4.98 Å². The van der Waals surface area contributed by atoms with Gasteiger partial charge in [0.25, 0.3) is 0 Å². The molecule has 2 heterocycles. The maximum Gasteiger partial charge on any atom is 0.124 e. The molecule has 2 nitrogen and oxygen atoms in total. The minimum Gasteiger partial charge on any atom is -0.310 e. The van der Waals surface area contributed by atoms with E-state index >= 15 is 0 Å². The maximum atomic E-state index is 5.20. The van der Waals surface area contributed by atoms with E-state index in [-0.39, 0.29) is 0 Å². The van der Waals surface area contributed by atoms with Gasteiger partial charge in [0, 0.05) is 48.4 Å². The zero-order chi connectivity index (χ0) is 36.3. The number of rotatable bonds is 6. The highest BCUT2D eigenvalue weighted by Gasteiger charge is 2.20. The van der Waals surface area contributed by atoms with Crippen LogP contribution in [0.25, 0.3) is 84.8 Å². The van der Waals surface area contributed by atoms with Crippen LogP contribution in [0, 0.1) is 0 Å². The first-order valence-corrected chi connectivity index (χ1v) is 20.2. The molecular weight excluding hydrogens is 705 g/mol. The summed E-state index contributed by atoms with van der Waals surface area (Å²) < 4.78 is 3.78. The summed E-state index contributed by atoms with van der Waals surface area (Å²) in [6, 6.07) is 70.3. The van der Waals surface area contributed by atoms with Gasteiger partial charge in [0.15, 0.2) is 0 Å². The van der Waals surface area contributed by atoms with Crippen molar-refractivity contribution in [3.8, 4) is 32.8 Å². The molecule has 0 atom stereocenters. The van der Waals surface area contributed by atoms with Crippen molar-refractivity contribution in [3.63, 3.8) is 0 Å². The Kier molecular flexibility index (Phi) is 7.58. The Morgan fingerprint density at radius 3 is 1.73 bits per heavy atom. The summed E-state index contributed by atoms with van der Waals surface area (Å²) in [6.45, 7) is 0. The molecule has 0 aliphatic heterocycles. The second-order valence-electron chi connectivity index (χ2n) is 13.9. The van der Waals surface area contributed by atoms with Gasteiger partial charge < -0.3 is 4.90 Å². The van der Waals surface area contributed by atoms with E-state index in [1.54, 1.807) is 11.3 Å². The summed E-state index contributed by atoms with van der Waals surface area (Å²) in [6.07, 6.45) is 0. The van der Waals surface area contributed by atoms with Crippen molar-refractivity contribution in [2.24, 2.45) is 0 Å². The topological polar surface area (TPSA) is 16.1 Å². The van der Waals surface area contributed by atoms with Crippen molar-refractivity contribution in [3.05, 3.63) is 194 Å². The van der Waals surface area contributed by atoms with E-state index in [1.165, 1.54) is 68.7 Å². The van der Waals surface area contributed by atoms with Crippen LogP contribution in [-0.4, -0.2) is 4.98 Å². The number of hydrogen-bond acceptors (Lipinski definition) is 4. The fourth-order valence-electron chi connectivity index (χ4n) is 8.05. The van der Waals surface area contributed by atoms with Crippen LogP contribution in [0.5, 0.6) is 0 Å². The molecule has 2 aromatic heterocycles. The molecule has 0 unspecified atom stereocenters. The quantitative estimate of drug-likeness (QED) is 0.158. The molecule has 0 spiro atoms. The molecule has 0 aliphatic carbocycles. The third-order valence-electron chi connectivity index (χ3n) is 10.7. The summed E-state index contributed by atoms with van der Waals surface area (Å²) in [5.74, 6) is 0. The number of aromatic nitrogens is 1. The lowest BCUT2D eigenvalue weighted by molar-refractivity contribution is 1.29. The van der Waals surface area contributed by atoms with Gasteiger partial charge in [0.05, 0.1) is 10.2 Å². The predicted octanol–water partition coefficient (Wildman–Crippen LogP) is 15.4. The summed E-state index contributed by atoms with van der Waals surface area (Å²) in [4.78, 5) is 7.58. The molecule has 258 valence electrons. The van der Waals surface area contributed by atoms with Crippen molar-refractivity contribution in [2.75, 3.05) is 4.90 Å². The van der Waals surface area contributed by atoms with Crippen molar-refractivity contribution in [2.45, 2.75) is 0 Å². The summed E-state index contributed by atoms with van der Waals surface area (Å²) in [5, 5.41) is 8.65. The highest BCUT2D eigenvalue weighted by Crippen LogP contribution is 2.48. The number of hydrogen-bond donors (Lipinski definition) is 0. The molecule has 0 N–H and O–H groups in total. The molecule has 11 aromatic rings. The molecule has 0 aliphatic rings. The predicted molar refractivity (Wildman–Crippen MR) is 239 cm³/mol. The standard InChI is InChI=1S/C51H32N2S2/c1-3-11-33(12-4-1)34-21-25-39(26-22-34)53(41-29-30-43-38(31-41)20-19-35-13-7-8-16-42(35)43)40-27-23-36(24-28-40)48-49-44-17-9-10-18-46(44)54-47(49)32-45-50(48)55-51(52-45)37-14-5-2-6-15-37/h1-32H. The Morgan fingerprint density at radius 1 is 0.382 bits per heavy atom. The lowest BCUT2D eigenvalue weighted by atomic mass is 9.98. The average molecular weight is 737 g/mol. The van der Waals surface area contributed by atoms with Crippen LogP contribution < -0.4 is 4.90 Å². The van der Waals surface area contributed by atoms with Gasteiger partial charge in [0.1, 0.15) is 5.01 Å². The summed E-state index contributed by atoms with van der Waals surface area (Å²) in [7, 11) is 0. The molecule has 9 aromatic carbocycles. The van der Waals surface area contributed by atoms with E-state index in [2.05, 4.69) is 199 Å². The van der Waals surface area contributed by atoms with Crippen molar-refractivity contribution in [1.82, 2.24) is 4.98 Å². The molecule has 0 saturated heterocycles. The van der Waals surface area contributed by atoms with E-state index < -0.39 is 0 Å². The molecule has 0 amide bonds. The van der Waals surface area contributed by atoms with Crippen LogP contribution in [0.1, 0.15) is 0 Å². The number of anilines is 3. The monoisotopic (exact) mass is 736 g/mol. The lowest BCUT2D eigenvalue weighted by Gasteiger charge is -2.26. The fourth-order valence-corrected chi connectivity index (χ4v) is 10.3. The number of fused-ring (bicyclic) bond motifs is 7. The first-order valence-electron chi connectivity index (χ1n) is 18.5. The van der Waals surface area contributed by atoms with Crippen LogP contribution >= 0.6 is 22.7 Å². The molecule has 55 heavy (non-hydrogen) atoms. The van der Waals surface area contributed by atoms with Gasteiger partial charge in [-0.05, 0) is 86.8 Å². The van der Waals surface area contributed by atoms with Gasteiger partial charge in [0.2, 0.25) is 0 Å². The highest BCUT2D eigenvalue weighted by atomic mass is 32.1. The fraction of sp³-hybridized carbons (Fsp3) is 0. The molecule has 0 saturated carbocycles. The lowest BCUT2D eigenvalue weighted by Crippen LogP contribution is -2.09. The summed E-state index contributed by atoms with van der Waals surface area (Å²) in [5.41, 5.74) is 10.4. The largest absolute Gasteiger partial charge is 0.310 e. The zero-order valence-electron chi connectivity index (χ0n) is 29.7. The summed E-state index contributed by atoms with van der Waals surface area (Å²) >= 11 is 3.64. The molecule has 11 rings (SSSR count). The Morgan fingerprint density at radius 2 is 0.964 bits per heavy atom. The molecular formula is C51H32N2S2. The number of benzene rings is 9. The van der Waals surface area contributed by atoms with E-state index in [9.17, 15) is 0 Å². The van der Waals surface area contributed by atoms with E-state index in [0.717, 1.165) is 33.1 Å². The van der Waals surface area contributed by atoms with Gasteiger partial charge >= 0.3 is 0 Å². The second-order valence-corrected chi connectivity index (χ2v) is 16.0. The van der Waals surface area contributed by atoms with E-state index in [1.807, 2.05) is 11.3 Å². The Balaban J connectivity index is 1.08. The minimum absolute atomic E-state index is 1.05. The Hall–Kier alpha value is -6.59. The first kappa shape index (κ1) is 31.9. The highest BCUT2D eigenvalue weighted by molar-refractivity contribution is 7.26. The van der Waals surface area contributed by atoms with Crippen molar-refractivity contribution in [1.29, 1.82) is 0 Å². The van der Waals surface area contributed by atoms with Crippen LogP contribution in [-0.2, 0) is 0 Å². The van der Waals surface area contributed by atoms with Crippen molar-refractivity contribution < 1.29 is 0 Å². The van der Waals surface area contributed by atoms with E-state index in [0.29, 0.717) is 0 Å². The molecule has 0 fully saturated rings. The minimum atomic E-state index is 1.05. The molecule has 0 bridgehead atoms. The SMILES string of the molecule is c1ccc(-c2ccc(N(c3ccc(-c4c5sc(-c6ccccc6)nc5cc5sc6ccccc6c45)cc3)c3ccc4c(ccc5ccccc54)c3)cc2)cc1. The van der Waals surface area contributed by atoms with E-state index in [4.69, 9.17) is 4.98 Å².